The molecule has 0 bridgehead atoms. The van der Waals surface area contributed by atoms with E-state index in [1.807, 2.05) is 48.1 Å². The van der Waals surface area contributed by atoms with Crippen LogP contribution in [0.15, 0.2) is 42.9 Å². The van der Waals surface area contributed by atoms with E-state index in [1.54, 1.807) is 6.20 Å². The van der Waals surface area contributed by atoms with E-state index < -0.39 is 0 Å². The minimum absolute atomic E-state index is 0.177. The molecule has 2 amide bonds. The van der Waals surface area contributed by atoms with Gasteiger partial charge < -0.3 is 20.9 Å². The number of benzene rings is 1. The Kier molecular flexibility index (Phi) is 5.90. The monoisotopic (exact) mass is 393 g/mol. The van der Waals surface area contributed by atoms with Crippen LogP contribution >= 0.6 is 0 Å². The Hall–Kier alpha value is -3.13. The van der Waals surface area contributed by atoms with Gasteiger partial charge in [0.25, 0.3) is 0 Å². The molecule has 0 unspecified atom stereocenters. The molecule has 0 aliphatic carbocycles. The zero-order chi connectivity index (χ0) is 20.1. The van der Waals surface area contributed by atoms with Gasteiger partial charge in [-0.15, -0.1) is 0 Å². The number of imidazole rings is 1. The Morgan fingerprint density at radius 1 is 1.21 bits per heavy atom. The fraction of sp³-hybridized carbons (Fsp3) is 0.381. The number of rotatable bonds is 7. The predicted octanol–water partition coefficient (Wildman–Crippen LogP) is 3.05. The second kappa shape index (κ2) is 8.91. The van der Waals surface area contributed by atoms with E-state index >= 15 is 0 Å². The predicted molar refractivity (Wildman–Crippen MR) is 115 cm³/mol. The van der Waals surface area contributed by atoms with E-state index in [0.29, 0.717) is 6.54 Å². The summed E-state index contributed by atoms with van der Waals surface area (Å²) in [6.07, 6.45) is 8.99. The minimum atomic E-state index is -0.177. The molecular weight excluding hydrogens is 366 g/mol. The number of carbonyl (C=O) groups excluding carboxylic acids is 1. The first-order valence-corrected chi connectivity index (χ1v) is 10.1. The standard InChI is InChI=1S/C21H27N7O/c1-22-19-20-25-15-18(28(20)13-9-23-19)16-6-4-7-17(14-16)26-21(29)24-8-5-12-27-10-2-3-11-27/h4,6-7,9,13-15H,2-3,5,8,10-12H2,1H3,(H,22,23)(H2,24,26,29). The van der Waals surface area contributed by atoms with Gasteiger partial charge in [0.15, 0.2) is 11.5 Å². The summed E-state index contributed by atoms with van der Waals surface area (Å²) in [5.74, 6) is 0.723. The molecule has 0 spiro atoms. The van der Waals surface area contributed by atoms with Crippen molar-refractivity contribution in [3.8, 4) is 11.3 Å². The number of fused-ring (bicyclic) bond motifs is 1. The van der Waals surface area contributed by atoms with Crippen molar-refractivity contribution in [2.45, 2.75) is 19.3 Å². The summed E-state index contributed by atoms with van der Waals surface area (Å²) in [6, 6.07) is 7.59. The number of hydrogen-bond donors (Lipinski definition) is 3. The number of amides is 2. The van der Waals surface area contributed by atoms with Gasteiger partial charge in [-0.3, -0.25) is 4.40 Å². The van der Waals surface area contributed by atoms with Crippen molar-refractivity contribution in [2.75, 3.05) is 43.9 Å². The molecule has 0 radical (unpaired) electrons. The summed E-state index contributed by atoms with van der Waals surface area (Å²) in [5, 5.41) is 8.92. The zero-order valence-corrected chi connectivity index (χ0v) is 16.7. The molecule has 1 aromatic carbocycles. The van der Waals surface area contributed by atoms with Gasteiger partial charge in [-0.25, -0.2) is 14.8 Å². The van der Waals surface area contributed by atoms with Gasteiger partial charge in [-0.1, -0.05) is 12.1 Å². The summed E-state index contributed by atoms with van der Waals surface area (Å²) in [4.78, 5) is 23.4. The third-order valence-corrected chi connectivity index (χ3v) is 5.22. The van der Waals surface area contributed by atoms with Gasteiger partial charge in [0.2, 0.25) is 0 Å². The third-order valence-electron chi connectivity index (χ3n) is 5.22. The smallest absolute Gasteiger partial charge is 0.319 e. The lowest BCUT2D eigenvalue weighted by Gasteiger charge is -2.14. The lowest BCUT2D eigenvalue weighted by atomic mass is 10.1. The Bertz CT molecular complexity index is 978. The molecule has 1 fully saturated rings. The molecule has 1 aliphatic rings. The first kappa shape index (κ1) is 19.2. The van der Waals surface area contributed by atoms with Crippen molar-refractivity contribution in [2.24, 2.45) is 0 Å². The van der Waals surface area contributed by atoms with Crippen molar-refractivity contribution in [1.29, 1.82) is 0 Å². The molecular formula is C21H27N7O. The molecule has 1 saturated heterocycles. The maximum Gasteiger partial charge on any atom is 0.319 e. The molecule has 4 rings (SSSR count). The molecule has 8 nitrogen and oxygen atoms in total. The van der Waals surface area contributed by atoms with Crippen LogP contribution in [0.1, 0.15) is 19.3 Å². The fourth-order valence-corrected chi connectivity index (χ4v) is 3.75. The molecule has 3 N–H and O–H groups in total. The van der Waals surface area contributed by atoms with Gasteiger partial charge in [0, 0.05) is 37.2 Å². The van der Waals surface area contributed by atoms with E-state index in [-0.39, 0.29) is 6.03 Å². The highest BCUT2D eigenvalue weighted by atomic mass is 16.2. The minimum Gasteiger partial charge on any atom is -0.370 e. The third kappa shape index (κ3) is 4.48. The Balaban J connectivity index is 1.38. The van der Waals surface area contributed by atoms with Crippen molar-refractivity contribution in [3.63, 3.8) is 0 Å². The van der Waals surface area contributed by atoms with Gasteiger partial charge in [-0.2, -0.15) is 0 Å². The van der Waals surface area contributed by atoms with E-state index in [4.69, 9.17) is 0 Å². The normalized spacial score (nSPS) is 14.2. The largest absolute Gasteiger partial charge is 0.370 e. The second-order valence-corrected chi connectivity index (χ2v) is 7.23. The van der Waals surface area contributed by atoms with E-state index in [1.165, 1.54) is 25.9 Å². The van der Waals surface area contributed by atoms with Crippen molar-refractivity contribution in [3.05, 3.63) is 42.9 Å². The maximum atomic E-state index is 12.2. The van der Waals surface area contributed by atoms with Crippen LogP contribution in [0.4, 0.5) is 16.3 Å². The summed E-state index contributed by atoms with van der Waals surface area (Å²) < 4.78 is 1.98. The number of carbonyl (C=O) groups is 1. The quantitative estimate of drug-likeness (QED) is 0.537. The molecule has 1 aliphatic heterocycles. The van der Waals surface area contributed by atoms with Crippen LogP contribution in [0.2, 0.25) is 0 Å². The van der Waals surface area contributed by atoms with Crippen molar-refractivity contribution >= 4 is 23.2 Å². The fourth-order valence-electron chi connectivity index (χ4n) is 3.75. The van der Waals surface area contributed by atoms with Crippen molar-refractivity contribution in [1.82, 2.24) is 24.6 Å². The average Bonchev–Trinajstić information content (AvgIpc) is 3.41. The molecule has 29 heavy (non-hydrogen) atoms. The number of anilines is 2. The van der Waals surface area contributed by atoms with Gasteiger partial charge >= 0.3 is 6.03 Å². The van der Waals surface area contributed by atoms with Gasteiger partial charge in [0.1, 0.15) is 0 Å². The molecule has 0 saturated carbocycles. The number of nitrogens with one attached hydrogen (secondary N) is 3. The number of urea groups is 1. The van der Waals surface area contributed by atoms with Crippen LogP contribution in [0.25, 0.3) is 16.9 Å². The SMILES string of the molecule is CNc1nccn2c(-c3cccc(NC(=O)NCCCN4CCCC4)c3)cnc12. The molecule has 3 heterocycles. The number of hydrogen-bond acceptors (Lipinski definition) is 5. The lowest BCUT2D eigenvalue weighted by molar-refractivity contribution is 0.251. The van der Waals surface area contributed by atoms with Crippen LogP contribution in [-0.4, -0.2) is 58.5 Å². The Labute approximate surface area is 170 Å². The highest BCUT2D eigenvalue weighted by Gasteiger charge is 2.12. The Morgan fingerprint density at radius 3 is 2.90 bits per heavy atom. The summed E-state index contributed by atoms with van der Waals surface area (Å²) >= 11 is 0. The lowest BCUT2D eigenvalue weighted by Crippen LogP contribution is -2.31. The highest BCUT2D eigenvalue weighted by Crippen LogP contribution is 2.25. The van der Waals surface area contributed by atoms with Crippen LogP contribution in [0, 0.1) is 0 Å². The van der Waals surface area contributed by atoms with Crippen LogP contribution < -0.4 is 16.0 Å². The highest BCUT2D eigenvalue weighted by molar-refractivity contribution is 5.90. The summed E-state index contributed by atoms with van der Waals surface area (Å²) in [7, 11) is 1.82. The second-order valence-electron chi connectivity index (χ2n) is 7.23. The first-order chi connectivity index (χ1) is 14.2. The summed E-state index contributed by atoms with van der Waals surface area (Å²) in [6.45, 7) is 4.10. The van der Waals surface area contributed by atoms with Gasteiger partial charge in [0.05, 0.1) is 11.9 Å². The maximum absolute atomic E-state index is 12.2. The zero-order valence-electron chi connectivity index (χ0n) is 16.7. The first-order valence-electron chi connectivity index (χ1n) is 10.1. The molecule has 8 heteroatoms. The Morgan fingerprint density at radius 2 is 2.07 bits per heavy atom. The van der Waals surface area contributed by atoms with Crippen LogP contribution in [-0.2, 0) is 0 Å². The molecule has 3 aromatic rings. The van der Waals surface area contributed by atoms with E-state index in [9.17, 15) is 4.79 Å². The number of nitrogens with zero attached hydrogens (tertiary/aromatic N) is 4. The molecule has 0 atom stereocenters. The number of likely N-dealkylation sites (tertiary alicyclic amines) is 1. The number of aromatic nitrogens is 3. The van der Waals surface area contributed by atoms with Gasteiger partial charge in [-0.05, 0) is 51.0 Å². The molecule has 152 valence electrons. The van der Waals surface area contributed by atoms with Crippen LogP contribution in [0.5, 0.6) is 0 Å². The summed E-state index contributed by atoms with van der Waals surface area (Å²) in [5.41, 5.74) is 3.42. The van der Waals surface area contributed by atoms with E-state index in [2.05, 4.69) is 30.8 Å². The average molecular weight is 393 g/mol. The molecule has 2 aromatic heterocycles. The van der Waals surface area contributed by atoms with Crippen molar-refractivity contribution < 1.29 is 4.79 Å². The topological polar surface area (TPSA) is 86.6 Å². The van der Waals surface area contributed by atoms with Crippen LogP contribution in [0.3, 0.4) is 0 Å². The van der Waals surface area contributed by atoms with E-state index in [0.717, 1.165) is 41.4 Å².